The van der Waals surface area contributed by atoms with Crippen LogP contribution in [-0.4, -0.2) is 18.0 Å². The molecule has 2 rings (SSSR count). The Bertz CT molecular complexity index is 818. The van der Waals surface area contributed by atoms with Gasteiger partial charge in [0.05, 0.1) is 0 Å². The maximum Gasteiger partial charge on any atom is 0.331 e. The monoisotopic (exact) mass is 371 g/mol. The molecule has 136 valence electrons. The van der Waals surface area contributed by atoms with Crippen LogP contribution < -0.4 is 5.32 Å². The molecule has 26 heavy (non-hydrogen) atoms. The standard InChI is InChI=1S/C21H22ClNO3/c1-13-11-14(2)20(15(3)12-13)23-21(25)16(4)26-19(24)10-7-17-5-8-18(22)9-6-17/h5-12,16H,1-4H3,(H,23,25)/b10-7+/t16-/m0/s1. The van der Waals surface area contributed by atoms with Crippen LogP contribution in [0.3, 0.4) is 0 Å². The first kappa shape index (κ1) is 19.7. The zero-order chi connectivity index (χ0) is 19.3. The van der Waals surface area contributed by atoms with E-state index in [9.17, 15) is 9.59 Å². The number of carbonyl (C=O) groups is 2. The summed E-state index contributed by atoms with van der Waals surface area (Å²) in [7, 11) is 0. The Morgan fingerprint density at radius 1 is 1.08 bits per heavy atom. The van der Waals surface area contributed by atoms with Gasteiger partial charge in [0.1, 0.15) is 0 Å². The SMILES string of the molecule is Cc1cc(C)c(NC(=O)[C@H](C)OC(=O)/C=C/c2ccc(Cl)cc2)c(C)c1. The molecule has 0 bridgehead atoms. The summed E-state index contributed by atoms with van der Waals surface area (Å²) in [6.45, 7) is 7.41. The average Bonchev–Trinajstić information content (AvgIpc) is 2.57. The van der Waals surface area contributed by atoms with Crippen LogP contribution in [0, 0.1) is 20.8 Å². The summed E-state index contributed by atoms with van der Waals surface area (Å²) < 4.78 is 5.17. The molecule has 1 amide bonds. The quantitative estimate of drug-likeness (QED) is 0.603. The highest BCUT2D eigenvalue weighted by atomic mass is 35.5. The Morgan fingerprint density at radius 3 is 2.23 bits per heavy atom. The first-order chi connectivity index (χ1) is 12.3. The molecule has 1 atom stereocenters. The van der Waals surface area contributed by atoms with Gasteiger partial charge in [-0.1, -0.05) is 41.4 Å². The van der Waals surface area contributed by atoms with E-state index in [1.54, 1.807) is 37.3 Å². The fourth-order valence-electron chi connectivity index (χ4n) is 2.61. The summed E-state index contributed by atoms with van der Waals surface area (Å²) in [5, 5.41) is 3.46. The van der Waals surface area contributed by atoms with Crippen LogP contribution in [0.4, 0.5) is 5.69 Å². The van der Waals surface area contributed by atoms with E-state index < -0.39 is 12.1 Å². The van der Waals surface area contributed by atoms with Gasteiger partial charge < -0.3 is 10.1 Å². The average molecular weight is 372 g/mol. The molecule has 0 spiro atoms. The van der Waals surface area contributed by atoms with Crippen molar-refractivity contribution >= 4 is 35.2 Å². The van der Waals surface area contributed by atoms with Crippen molar-refractivity contribution in [2.75, 3.05) is 5.32 Å². The molecule has 0 saturated heterocycles. The first-order valence-electron chi connectivity index (χ1n) is 8.29. The van der Waals surface area contributed by atoms with Gasteiger partial charge in [0.15, 0.2) is 6.10 Å². The van der Waals surface area contributed by atoms with Crippen molar-refractivity contribution < 1.29 is 14.3 Å². The van der Waals surface area contributed by atoms with Crippen LogP contribution in [0.2, 0.25) is 5.02 Å². The predicted molar refractivity (Wildman–Crippen MR) is 105 cm³/mol. The minimum Gasteiger partial charge on any atom is -0.449 e. The molecule has 0 heterocycles. The Hall–Kier alpha value is -2.59. The van der Waals surface area contributed by atoms with Crippen LogP contribution in [-0.2, 0) is 14.3 Å². The van der Waals surface area contributed by atoms with Crippen LogP contribution in [0.25, 0.3) is 6.08 Å². The number of rotatable bonds is 5. The van der Waals surface area contributed by atoms with E-state index >= 15 is 0 Å². The maximum atomic E-state index is 12.3. The number of anilines is 1. The van der Waals surface area contributed by atoms with Gasteiger partial charge in [-0.2, -0.15) is 0 Å². The number of amides is 1. The third-order valence-electron chi connectivity index (χ3n) is 3.87. The van der Waals surface area contributed by atoms with Crippen molar-refractivity contribution in [1.82, 2.24) is 0 Å². The molecule has 0 saturated carbocycles. The minimum absolute atomic E-state index is 0.367. The number of hydrogen-bond donors (Lipinski definition) is 1. The molecule has 0 aromatic heterocycles. The molecule has 0 unspecified atom stereocenters. The van der Waals surface area contributed by atoms with Gasteiger partial charge >= 0.3 is 5.97 Å². The van der Waals surface area contributed by atoms with Crippen LogP contribution in [0.5, 0.6) is 0 Å². The van der Waals surface area contributed by atoms with E-state index in [0.717, 1.165) is 27.9 Å². The first-order valence-corrected chi connectivity index (χ1v) is 8.67. The summed E-state index contributed by atoms with van der Waals surface area (Å²) in [6, 6.07) is 11.0. The zero-order valence-electron chi connectivity index (χ0n) is 15.3. The Balaban J connectivity index is 1.96. The second-order valence-electron chi connectivity index (χ2n) is 6.23. The lowest BCUT2D eigenvalue weighted by Crippen LogP contribution is -2.30. The third kappa shape index (κ3) is 5.46. The van der Waals surface area contributed by atoms with Crippen molar-refractivity contribution in [2.24, 2.45) is 0 Å². The van der Waals surface area contributed by atoms with Crippen molar-refractivity contribution in [3.05, 3.63) is 69.8 Å². The number of halogens is 1. The lowest BCUT2D eigenvalue weighted by atomic mass is 10.0. The molecule has 0 aliphatic rings. The normalized spacial score (nSPS) is 12.0. The number of nitrogens with one attached hydrogen (secondary N) is 1. The Labute approximate surface area is 158 Å². The van der Waals surface area contributed by atoms with E-state index in [-0.39, 0.29) is 5.91 Å². The lowest BCUT2D eigenvalue weighted by molar-refractivity contribution is -0.148. The van der Waals surface area contributed by atoms with Crippen molar-refractivity contribution in [1.29, 1.82) is 0 Å². The summed E-state index contributed by atoms with van der Waals surface area (Å²) in [5.41, 5.74) is 4.63. The fraction of sp³-hybridized carbons (Fsp3) is 0.238. The highest BCUT2D eigenvalue weighted by molar-refractivity contribution is 6.30. The third-order valence-corrected chi connectivity index (χ3v) is 4.12. The maximum absolute atomic E-state index is 12.3. The number of hydrogen-bond acceptors (Lipinski definition) is 3. The van der Waals surface area contributed by atoms with Gasteiger partial charge in [-0.05, 0) is 62.6 Å². The van der Waals surface area contributed by atoms with Crippen LogP contribution >= 0.6 is 11.6 Å². The second kappa shape index (κ2) is 8.68. The highest BCUT2D eigenvalue weighted by Crippen LogP contribution is 2.22. The van der Waals surface area contributed by atoms with Gasteiger partial charge in [0.2, 0.25) is 0 Å². The number of benzene rings is 2. The number of carbonyl (C=O) groups excluding carboxylic acids is 2. The van der Waals surface area contributed by atoms with E-state index in [4.69, 9.17) is 16.3 Å². The number of esters is 1. The molecule has 0 aliphatic heterocycles. The predicted octanol–water partition coefficient (Wildman–Crippen LogP) is 4.85. The molecule has 0 fully saturated rings. The van der Waals surface area contributed by atoms with Crippen molar-refractivity contribution in [2.45, 2.75) is 33.8 Å². The van der Waals surface area contributed by atoms with E-state index in [0.29, 0.717) is 5.02 Å². The van der Waals surface area contributed by atoms with Gasteiger partial charge in [-0.25, -0.2) is 4.79 Å². The topological polar surface area (TPSA) is 55.4 Å². The van der Waals surface area contributed by atoms with E-state index in [1.807, 2.05) is 32.9 Å². The van der Waals surface area contributed by atoms with Gasteiger partial charge in [0.25, 0.3) is 5.91 Å². The molecule has 0 aliphatic carbocycles. The molecule has 0 radical (unpaired) electrons. The van der Waals surface area contributed by atoms with Gasteiger partial charge in [0, 0.05) is 16.8 Å². The molecular weight excluding hydrogens is 350 g/mol. The smallest absolute Gasteiger partial charge is 0.331 e. The van der Waals surface area contributed by atoms with E-state index in [2.05, 4.69) is 5.32 Å². The molecule has 2 aromatic carbocycles. The fourth-order valence-corrected chi connectivity index (χ4v) is 2.73. The molecule has 1 N–H and O–H groups in total. The number of aryl methyl sites for hydroxylation is 3. The largest absolute Gasteiger partial charge is 0.449 e. The molecule has 2 aromatic rings. The van der Waals surface area contributed by atoms with Gasteiger partial charge in [-0.15, -0.1) is 0 Å². The number of ether oxygens (including phenoxy) is 1. The Morgan fingerprint density at radius 2 is 1.65 bits per heavy atom. The Kier molecular flexibility index (Phi) is 6.58. The minimum atomic E-state index is -0.905. The highest BCUT2D eigenvalue weighted by Gasteiger charge is 2.18. The second-order valence-corrected chi connectivity index (χ2v) is 6.66. The summed E-state index contributed by atoms with van der Waals surface area (Å²) in [6.07, 6.45) is 1.99. The lowest BCUT2D eigenvalue weighted by Gasteiger charge is -2.16. The van der Waals surface area contributed by atoms with Crippen molar-refractivity contribution in [3.8, 4) is 0 Å². The summed E-state index contributed by atoms with van der Waals surface area (Å²) in [4.78, 5) is 24.2. The molecule has 4 nitrogen and oxygen atoms in total. The molecular formula is C21H22ClNO3. The van der Waals surface area contributed by atoms with E-state index in [1.165, 1.54) is 6.08 Å². The zero-order valence-corrected chi connectivity index (χ0v) is 16.1. The molecule has 5 heteroatoms. The van der Waals surface area contributed by atoms with Gasteiger partial charge in [-0.3, -0.25) is 4.79 Å². The summed E-state index contributed by atoms with van der Waals surface area (Å²) >= 11 is 5.82. The van der Waals surface area contributed by atoms with Crippen LogP contribution in [0.1, 0.15) is 29.2 Å². The van der Waals surface area contributed by atoms with Crippen LogP contribution in [0.15, 0.2) is 42.5 Å². The summed E-state index contributed by atoms with van der Waals surface area (Å²) in [5.74, 6) is -0.951. The van der Waals surface area contributed by atoms with Crippen molar-refractivity contribution in [3.63, 3.8) is 0 Å².